The zero-order valence-corrected chi connectivity index (χ0v) is 13.2. The Morgan fingerprint density at radius 1 is 1.17 bits per heavy atom. The number of piperidine rings is 1. The molecule has 0 aromatic carbocycles. The summed E-state index contributed by atoms with van der Waals surface area (Å²) in [4.78, 5) is 24.5. The van der Waals surface area contributed by atoms with Crippen molar-refractivity contribution in [1.82, 2.24) is 10.2 Å². The average molecular weight is 336 g/mol. The summed E-state index contributed by atoms with van der Waals surface area (Å²) in [5.41, 5.74) is 0. The van der Waals surface area contributed by atoms with E-state index in [1.165, 1.54) is 6.92 Å². The number of amides is 2. The number of halogens is 3. The van der Waals surface area contributed by atoms with Crippen LogP contribution in [0.4, 0.5) is 13.2 Å². The first kappa shape index (κ1) is 18.0. The van der Waals surface area contributed by atoms with Crippen molar-refractivity contribution >= 4 is 11.8 Å². The molecule has 132 valence electrons. The zero-order valence-electron chi connectivity index (χ0n) is 13.2. The Labute approximate surface area is 133 Å². The van der Waals surface area contributed by atoms with Crippen LogP contribution in [0.3, 0.4) is 0 Å². The van der Waals surface area contributed by atoms with E-state index in [9.17, 15) is 22.8 Å². The molecule has 8 heteroatoms. The van der Waals surface area contributed by atoms with E-state index in [1.54, 1.807) is 0 Å². The maximum atomic E-state index is 13.2. The van der Waals surface area contributed by atoms with Gasteiger partial charge in [-0.25, -0.2) is 0 Å². The maximum Gasteiger partial charge on any atom is 0.408 e. The number of hydrogen-bond acceptors (Lipinski definition) is 3. The van der Waals surface area contributed by atoms with Crippen LogP contribution in [0.1, 0.15) is 39.0 Å². The van der Waals surface area contributed by atoms with Crippen molar-refractivity contribution in [2.75, 3.05) is 19.8 Å². The summed E-state index contributed by atoms with van der Waals surface area (Å²) in [6.45, 7) is 2.35. The maximum absolute atomic E-state index is 13.2. The van der Waals surface area contributed by atoms with Gasteiger partial charge in [0.05, 0.1) is 0 Å². The molecule has 0 radical (unpaired) electrons. The lowest BCUT2D eigenvalue weighted by molar-refractivity contribution is -0.198. The minimum absolute atomic E-state index is 0.0753. The van der Waals surface area contributed by atoms with Crippen LogP contribution in [0.5, 0.6) is 0 Å². The molecule has 0 aromatic heterocycles. The minimum atomic E-state index is -4.44. The van der Waals surface area contributed by atoms with Gasteiger partial charge in [-0.05, 0) is 31.6 Å². The van der Waals surface area contributed by atoms with Crippen LogP contribution in [-0.4, -0.2) is 54.7 Å². The summed E-state index contributed by atoms with van der Waals surface area (Å²) >= 11 is 0. The van der Waals surface area contributed by atoms with E-state index in [0.29, 0.717) is 26.1 Å². The van der Waals surface area contributed by atoms with Gasteiger partial charge >= 0.3 is 6.18 Å². The molecule has 5 nitrogen and oxygen atoms in total. The molecule has 2 heterocycles. The highest BCUT2D eigenvalue weighted by atomic mass is 19.4. The number of alkyl halides is 3. The van der Waals surface area contributed by atoms with Gasteiger partial charge in [0.15, 0.2) is 0 Å². The first-order chi connectivity index (χ1) is 10.8. The Hall–Kier alpha value is -1.31. The molecule has 0 aliphatic carbocycles. The van der Waals surface area contributed by atoms with E-state index in [4.69, 9.17) is 4.74 Å². The third kappa shape index (κ3) is 5.09. The molecule has 2 aliphatic rings. The molecule has 0 spiro atoms. The lowest BCUT2D eigenvalue weighted by Gasteiger charge is -2.41. The van der Waals surface area contributed by atoms with Crippen molar-refractivity contribution in [3.8, 4) is 0 Å². The van der Waals surface area contributed by atoms with E-state index < -0.39 is 24.2 Å². The molecule has 0 bridgehead atoms. The summed E-state index contributed by atoms with van der Waals surface area (Å²) in [6.07, 6.45) is -2.87. The van der Waals surface area contributed by atoms with Crippen molar-refractivity contribution < 1.29 is 27.5 Å². The zero-order chi connectivity index (χ0) is 17.0. The van der Waals surface area contributed by atoms with E-state index in [0.717, 1.165) is 4.90 Å². The molecule has 2 amide bonds. The first-order valence-corrected chi connectivity index (χ1v) is 7.98. The summed E-state index contributed by atoms with van der Waals surface area (Å²) < 4.78 is 44.9. The highest BCUT2D eigenvalue weighted by molar-refractivity contribution is 5.77. The van der Waals surface area contributed by atoms with Crippen LogP contribution in [0.2, 0.25) is 0 Å². The number of ether oxygens (including phenoxy) is 1. The van der Waals surface area contributed by atoms with Crippen molar-refractivity contribution in [2.24, 2.45) is 5.92 Å². The highest BCUT2D eigenvalue weighted by Gasteiger charge is 2.48. The smallest absolute Gasteiger partial charge is 0.381 e. The van der Waals surface area contributed by atoms with Gasteiger partial charge in [-0.1, -0.05) is 0 Å². The van der Waals surface area contributed by atoms with Crippen molar-refractivity contribution in [3.05, 3.63) is 0 Å². The fourth-order valence-electron chi connectivity index (χ4n) is 3.31. The molecule has 0 aromatic rings. The number of nitrogens with zero attached hydrogens (tertiary/aromatic N) is 1. The van der Waals surface area contributed by atoms with Crippen molar-refractivity contribution in [2.45, 2.75) is 57.3 Å². The molecular weight excluding hydrogens is 313 g/mol. The second-order valence-electron chi connectivity index (χ2n) is 6.34. The summed E-state index contributed by atoms with van der Waals surface area (Å²) in [6, 6.07) is -2.16. The van der Waals surface area contributed by atoms with Gasteiger partial charge in [-0.2, -0.15) is 13.2 Å². The van der Waals surface area contributed by atoms with Gasteiger partial charge in [-0.15, -0.1) is 0 Å². The van der Waals surface area contributed by atoms with Gasteiger partial charge in [0, 0.05) is 39.1 Å². The number of nitrogens with one attached hydrogen (secondary N) is 1. The molecule has 2 atom stereocenters. The second kappa shape index (κ2) is 7.51. The SMILES string of the molecule is CC(=O)N[C@@H]1CC[C@@H](C(F)(F)F)N(C(=O)CC2CCOCC2)C1. The van der Waals surface area contributed by atoms with Gasteiger partial charge in [0.25, 0.3) is 0 Å². The number of hydrogen-bond donors (Lipinski definition) is 1. The highest BCUT2D eigenvalue weighted by Crippen LogP contribution is 2.33. The van der Waals surface area contributed by atoms with Crippen LogP contribution >= 0.6 is 0 Å². The van der Waals surface area contributed by atoms with E-state index >= 15 is 0 Å². The van der Waals surface area contributed by atoms with Gasteiger partial charge in [0.2, 0.25) is 11.8 Å². The summed E-state index contributed by atoms with van der Waals surface area (Å²) in [5.74, 6) is -0.696. The number of carbonyl (C=O) groups excluding carboxylic acids is 2. The largest absolute Gasteiger partial charge is 0.408 e. The van der Waals surface area contributed by atoms with E-state index in [1.807, 2.05) is 0 Å². The van der Waals surface area contributed by atoms with Crippen LogP contribution in [0, 0.1) is 5.92 Å². The molecular formula is C15H23F3N2O3. The topological polar surface area (TPSA) is 58.6 Å². The quantitative estimate of drug-likeness (QED) is 0.856. The normalized spacial score (nSPS) is 26.9. The summed E-state index contributed by atoms with van der Waals surface area (Å²) in [7, 11) is 0. The standard InChI is InChI=1S/C15H23F3N2O3/c1-10(21)19-12-2-3-13(15(16,17)18)20(9-12)14(22)8-11-4-6-23-7-5-11/h11-13H,2-9H2,1H3,(H,19,21)/t12-,13+/m1/s1. The Morgan fingerprint density at radius 3 is 2.39 bits per heavy atom. The predicted octanol–water partition coefficient (Wildman–Crippen LogP) is 1.86. The number of carbonyl (C=O) groups is 2. The summed E-state index contributed by atoms with van der Waals surface area (Å²) in [5, 5.41) is 2.62. The third-order valence-electron chi connectivity index (χ3n) is 4.49. The average Bonchev–Trinajstić information content (AvgIpc) is 2.46. The lowest BCUT2D eigenvalue weighted by Crippen LogP contribution is -2.58. The van der Waals surface area contributed by atoms with Crippen LogP contribution in [0.25, 0.3) is 0 Å². The molecule has 0 unspecified atom stereocenters. The molecule has 2 fully saturated rings. The Balaban J connectivity index is 2.03. The van der Waals surface area contributed by atoms with Gasteiger partial charge in [0.1, 0.15) is 6.04 Å². The lowest BCUT2D eigenvalue weighted by atomic mass is 9.93. The van der Waals surface area contributed by atoms with Crippen LogP contribution in [0.15, 0.2) is 0 Å². The van der Waals surface area contributed by atoms with Gasteiger partial charge < -0.3 is 15.0 Å². The second-order valence-corrected chi connectivity index (χ2v) is 6.34. The third-order valence-corrected chi connectivity index (χ3v) is 4.49. The Bertz CT molecular complexity index is 436. The Kier molecular flexibility index (Phi) is 5.89. The fourth-order valence-corrected chi connectivity index (χ4v) is 3.31. The molecule has 23 heavy (non-hydrogen) atoms. The molecule has 0 saturated carbocycles. The molecule has 1 N–H and O–H groups in total. The van der Waals surface area contributed by atoms with Crippen LogP contribution in [-0.2, 0) is 14.3 Å². The minimum Gasteiger partial charge on any atom is -0.381 e. The van der Waals surface area contributed by atoms with E-state index in [-0.39, 0.29) is 37.6 Å². The van der Waals surface area contributed by atoms with Crippen molar-refractivity contribution in [3.63, 3.8) is 0 Å². The molecule has 2 saturated heterocycles. The first-order valence-electron chi connectivity index (χ1n) is 7.98. The molecule has 2 aliphatic heterocycles. The van der Waals surface area contributed by atoms with Gasteiger partial charge in [-0.3, -0.25) is 9.59 Å². The molecule has 2 rings (SSSR count). The fraction of sp³-hybridized carbons (Fsp3) is 0.867. The van der Waals surface area contributed by atoms with Crippen LogP contribution < -0.4 is 5.32 Å². The van der Waals surface area contributed by atoms with Crippen molar-refractivity contribution in [1.29, 1.82) is 0 Å². The number of rotatable bonds is 3. The van der Waals surface area contributed by atoms with E-state index in [2.05, 4.69) is 5.32 Å². The monoisotopic (exact) mass is 336 g/mol. The predicted molar refractivity (Wildman–Crippen MR) is 76.6 cm³/mol. The number of likely N-dealkylation sites (tertiary alicyclic amines) is 1. The Morgan fingerprint density at radius 2 is 1.83 bits per heavy atom.